The van der Waals surface area contributed by atoms with Crippen LogP contribution < -0.4 is 4.74 Å². The van der Waals surface area contributed by atoms with E-state index in [0.717, 1.165) is 4.88 Å². The van der Waals surface area contributed by atoms with Crippen molar-refractivity contribution in [3.63, 3.8) is 0 Å². The van der Waals surface area contributed by atoms with Crippen LogP contribution in [-0.2, 0) is 6.42 Å². The Morgan fingerprint density at radius 1 is 1.39 bits per heavy atom. The van der Waals surface area contributed by atoms with Gasteiger partial charge < -0.3 is 4.74 Å². The average Bonchev–Trinajstić information content (AvgIpc) is 2.74. The lowest BCUT2D eigenvalue weighted by Crippen LogP contribution is -2.05. The SMILES string of the molecule is COc1ccc(C(=O)Cc2ccc(Cl)s2)c(F)c1. The van der Waals surface area contributed by atoms with Crippen molar-refractivity contribution >= 4 is 28.7 Å². The third-order valence-electron chi connectivity index (χ3n) is 2.44. The summed E-state index contributed by atoms with van der Waals surface area (Å²) in [7, 11) is 1.45. The van der Waals surface area contributed by atoms with Gasteiger partial charge in [-0.25, -0.2) is 4.39 Å². The molecule has 18 heavy (non-hydrogen) atoms. The molecular weight excluding hydrogens is 275 g/mol. The number of benzene rings is 1. The molecule has 0 unspecified atom stereocenters. The molecule has 0 N–H and O–H groups in total. The Bertz CT molecular complexity index is 580. The predicted octanol–water partition coefficient (Wildman–Crippen LogP) is 3.97. The molecule has 2 nitrogen and oxygen atoms in total. The van der Waals surface area contributed by atoms with E-state index in [1.807, 2.05) is 0 Å². The van der Waals surface area contributed by atoms with E-state index in [2.05, 4.69) is 0 Å². The van der Waals surface area contributed by atoms with Gasteiger partial charge in [0.1, 0.15) is 11.6 Å². The molecular formula is C13H10ClFO2S. The Hall–Kier alpha value is -1.39. The Morgan fingerprint density at radius 2 is 2.17 bits per heavy atom. The number of carbonyl (C=O) groups is 1. The van der Waals surface area contributed by atoms with Gasteiger partial charge in [0.05, 0.1) is 17.0 Å². The molecule has 0 fully saturated rings. The van der Waals surface area contributed by atoms with E-state index >= 15 is 0 Å². The number of methoxy groups -OCH3 is 1. The van der Waals surface area contributed by atoms with E-state index in [1.165, 1.54) is 30.6 Å². The standard InChI is InChI=1S/C13H10ClFO2S/c1-17-8-2-4-10(11(15)6-8)12(16)7-9-3-5-13(14)18-9/h2-6H,7H2,1H3. The maximum Gasteiger partial charge on any atom is 0.171 e. The van der Waals surface area contributed by atoms with Crippen LogP contribution in [0.3, 0.4) is 0 Å². The van der Waals surface area contributed by atoms with Gasteiger partial charge >= 0.3 is 0 Å². The largest absolute Gasteiger partial charge is 0.497 e. The number of hydrogen-bond acceptors (Lipinski definition) is 3. The first kappa shape index (κ1) is 13.1. The van der Waals surface area contributed by atoms with Gasteiger partial charge in [-0.15, -0.1) is 11.3 Å². The van der Waals surface area contributed by atoms with Crippen molar-refractivity contribution in [2.24, 2.45) is 0 Å². The van der Waals surface area contributed by atoms with Crippen molar-refractivity contribution in [2.45, 2.75) is 6.42 Å². The van der Waals surface area contributed by atoms with Crippen molar-refractivity contribution in [3.05, 3.63) is 50.9 Å². The first-order valence-corrected chi connectivity index (χ1v) is 6.40. The second-order valence-electron chi connectivity index (χ2n) is 3.65. The van der Waals surface area contributed by atoms with E-state index in [4.69, 9.17) is 16.3 Å². The molecule has 0 aliphatic heterocycles. The lowest BCUT2D eigenvalue weighted by molar-refractivity contribution is 0.0990. The normalized spacial score (nSPS) is 10.4. The van der Waals surface area contributed by atoms with Gasteiger partial charge in [-0.3, -0.25) is 4.79 Å². The smallest absolute Gasteiger partial charge is 0.171 e. The number of carbonyl (C=O) groups excluding carboxylic acids is 1. The van der Waals surface area contributed by atoms with Crippen LogP contribution >= 0.6 is 22.9 Å². The third kappa shape index (κ3) is 2.89. The van der Waals surface area contributed by atoms with Gasteiger partial charge in [-0.1, -0.05) is 11.6 Å². The summed E-state index contributed by atoms with van der Waals surface area (Å²) >= 11 is 7.10. The summed E-state index contributed by atoms with van der Waals surface area (Å²) in [6.07, 6.45) is 0.153. The van der Waals surface area contributed by atoms with Crippen LogP contribution in [0.5, 0.6) is 5.75 Å². The van der Waals surface area contributed by atoms with Crippen LogP contribution in [0.25, 0.3) is 0 Å². The van der Waals surface area contributed by atoms with E-state index in [-0.39, 0.29) is 17.8 Å². The average molecular weight is 285 g/mol. The van der Waals surface area contributed by atoms with E-state index in [9.17, 15) is 9.18 Å². The molecule has 1 heterocycles. The van der Waals surface area contributed by atoms with Crippen molar-refractivity contribution in [2.75, 3.05) is 7.11 Å². The zero-order valence-electron chi connectivity index (χ0n) is 9.57. The molecule has 94 valence electrons. The molecule has 5 heteroatoms. The minimum atomic E-state index is -0.568. The molecule has 0 aliphatic carbocycles. The van der Waals surface area contributed by atoms with Crippen LogP contribution in [0.1, 0.15) is 15.2 Å². The van der Waals surface area contributed by atoms with Crippen LogP contribution in [0.2, 0.25) is 4.34 Å². The number of halogens is 2. The summed E-state index contributed by atoms with van der Waals surface area (Å²) in [4.78, 5) is 12.7. The first-order chi connectivity index (χ1) is 8.60. The maximum absolute atomic E-state index is 13.7. The monoisotopic (exact) mass is 284 g/mol. The van der Waals surface area contributed by atoms with Crippen LogP contribution in [0, 0.1) is 5.82 Å². The zero-order valence-corrected chi connectivity index (χ0v) is 11.1. The second-order valence-corrected chi connectivity index (χ2v) is 5.45. The van der Waals surface area contributed by atoms with Gasteiger partial charge in [-0.2, -0.15) is 0 Å². The number of rotatable bonds is 4. The zero-order chi connectivity index (χ0) is 13.1. The van der Waals surface area contributed by atoms with Crippen molar-refractivity contribution in [1.82, 2.24) is 0 Å². The molecule has 0 amide bonds. The fraction of sp³-hybridized carbons (Fsp3) is 0.154. The Labute approximate surface area is 113 Å². The van der Waals surface area contributed by atoms with Crippen LogP contribution in [-0.4, -0.2) is 12.9 Å². The molecule has 2 rings (SSSR count). The third-order valence-corrected chi connectivity index (χ3v) is 3.67. The van der Waals surface area contributed by atoms with Crippen molar-refractivity contribution in [3.8, 4) is 5.75 Å². The highest BCUT2D eigenvalue weighted by Gasteiger charge is 2.14. The van der Waals surface area contributed by atoms with Crippen LogP contribution in [0.4, 0.5) is 4.39 Å². The Morgan fingerprint density at radius 3 is 2.72 bits per heavy atom. The van der Waals surface area contributed by atoms with Crippen molar-refractivity contribution < 1.29 is 13.9 Å². The highest BCUT2D eigenvalue weighted by Crippen LogP contribution is 2.24. The second kappa shape index (κ2) is 5.50. The summed E-state index contributed by atoms with van der Waals surface area (Å²) in [5, 5.41) is 0. The van der Waals surface area contributed by atoms with Crippen molar-refractivity contribution in [1.29, 1.82) is 0 Å². The Balaban J connectivity index is 2.18. The summed E-state index contributed by atoms with van der Waals surface area (Å²) in [6.45, 7) is 0. The molecule has 0 bridgehead atoms. The minimum Gasteiger partial charge on any atom is -0.497 e. The number of hydrogen-bond donors (Lipinski definition) is 0. The van der Waals surface area contributed by atoms with E-state index in [1.54, 1.807) is 18.2 Å². The molecule has 0 saturated carbocycles. The summed E-state index contributed by atoms with van der Waals surface area (Å²) in [5.74, 6) is -0.445. The molecule has 0 radical (unpaired) electrons. The lowest BCUT2D eigenvalue weighted by Gasteiger charge is -2.04. The molecule has 0 atom stereocenters. The highest BCUT2D eigenvalue weighted by atomic mass is 35.5. The summed E-state index contributed by atoms with van der Waals surface area (Å²) < 4.78 is 19.2. The fourth-order valence-electron chi connectivity index (χ4n) is 1.55. The molecule has 0 spiro atoms. The molecule has 2 aromatic rings. The van der Waals surface area contributed by atoms with Gasteiger partial charge in [0.25, 0.3) is 0 Å². The Kier molecular flexibility index (Phi) is 3.99. The summed E-state index contributed by atoms with van der Waals surface area (Å²) in [5.41, 5.74) is 0.0697. The van der Waals surface area contributed by atoms with Gasteiger partial charge in [0.15, 0.2) is 5.78 Å². The molecule has 1 aromatic carbocycles. The quantitative estimate of drug-likeness (QED) is 0.794. The van der Waals surface area contributed by atoms with E-state index < -0.39 is 5.82 Å². The molecule has 0 aliphatic rings. The van der Waals surface area contributed by atoms with Gasteiger partial charge in [-0.05, 0) is 24.3 Å². The highest BCUT2D eigenvalue weighted by molar-refractivity contribution is 7.16. The first-order valence-electron chi connectivity index (χ1n) is 5.21. The number of ether oxygens (including phenoxy) is 1. The maximum atomic E-state index is 13.7. The summed E-state index contributed by atoms with van der Waals surface area (Å²) in [6, 6.07) is 7.70. The lowest BCUT2D eigenvalue weighted by atomic mass is 10.1. The number of thiophene rings is 1. The number of ketones is 1. The van der Waals surface area contributed by atoms with Crippen LogP contribution in [0.15, 0.2) is 30.3 Å². The van der Waals surface area contributed by atoms with E-state index in [0.29, 0.717) is 10.1 Å². The minimum absolute atomic E-state index is 0.0697. The topological polar surface area (TPSA) is 26.3 Å². The predicted molar refractivity (Wildman–Crippen MR) is 70.3 cm³/mol. The van der Waals surface area contributed by atoms with Gasteiger partial charge in [0.2, 0.25) is 0 Å². The van der Waals surface area contributed by atoms with Gasteiger partial charge in [0, 0.05) is 17.4 Å². The number of Topliss-reactive ketones (excluding diaryl/α,β-unsaturated/α-hetero) is 1. The fourth-order valence-corrected chi connectivity index (χ4v) is 2.64. The molecule has 0 saturated heterocycles. The molecule has 1 aromatic heterocycles.